The van der Waals surface area contributed by atoms with Gasteiger partial charge in [-0.2, -0.15) is 4.37 Å². The summed E-state index contributed by atoms with van der Waals surface area (Å²) in [6.45, 7) is 2.57. The van der Waals surface area contributed by atoms with Gasteiger partial charge in [-0.25, -0.2) is 0 Å². The molecule has 1 heterocycles. The van der Waals surface area contributed by atoms with Crippen molar-refractivity contribution < 1.29 is 14.3 Å². The van der Waals surface area contributed by atoms with Crippen LogP contribution in [0.1, 0.15) is 6.92 Å². The molecule has 21 heavy (non-hydrogen) atoms. The van der Waals surface area contributed by atoms with Crippen LogP contribution in [0.3, 0.4) is 0 Å². The Balaban J connectivity index is 1.92. The highest BCUT2D eigenvalue weighted by Crippen LogP contribution is 2.25. The quantitative estimate of drug-likeness (QED) is 0.799. The first kappa shape index (κ1) is 15.6. The van der Waals surface area contributed by atoms with E-state index in [1.807, 2.05) is 36.4 Å². The van der Waals surface area contributed by atoms with Crippen LogP contribution in [-0.4, -0.2) is 36.7 Å². The van der Waals surface area contributed by atoms with Crippen LogP contribution in [0.2, 0.25) is 0 Å². The van der Waals surface area contributed by atoms with Crippen molar-refractivity contribution in [2.24, 2.45) is 0 Å². The Hall–Kier alpha value is -1.76. The number of aromatic nitrogens is 1. The number of rotatable bonds is 7. The monoisotopic (exact) mass is 306 g/mol. The van der Waals surface area contributed by atoms with Gasteiger partial charge in [0.2, 0.25) is 0 Å². The highest BCUT2D eigenvalue weighted by Gasteiger charge is 2.15. The molecule has 1 N–H and O–H groups in total. The van der Waals surface area contributed by atoms with Crippen LogP contribution in [0.5, 0.6) is 0 Å². The summed E-state index contributed by atoms with van der Waals surface area (Å²) >= 11 is 1.26. The highest BCUT2D eigenvalue weighted by atomic mass is 32.1. The topological polar surface area (TPSA) is 60.5 Å². The van der Waals surface area contributed by atoms with Gasteiger partial charge in [0.15, 0.2) is 0 Å². The van der Waals surface area contributed by atoms with Gasteiger partial charge in [0.05, 0.1) is 18.9 Å². The van der Waals surface area contributed by atoms with Crippen LogP contribution in [0.25, 0.3) is 11.3 Å². The molecule has 0 aliphatic carbocycles. The predicted molar refractivity (Wildman–Crippen MR) is 83.5 cm³/mol. The number of carbonyl (C=O) groups is 1. The van der Waals surface area contributed by atoms with E-state index >= 15 is 0 Å². The Morgan fingerprint density at radius 1 is 1.33 bits per heavy atom. The number of anilines is 1. The zero-order valence-corrected chi connectivity index (χ0v) is 12.9. The number of methoxy groups -OCH3 is 1. The van der Waals surface area contributed by atoms with Crippen LogP contribution < -0.4 is 5.32 Å². The van der Waals surface area contributed by atoms with Gasteiger partial charge >= 0.3 is 0 Å². The SMILES string of the molecule is COCCOC(C)C(=O)Nc1cc(-c2ccccc2)ns1. The minimum Gasteiger partial charge on any atom is -0.382 e. The maximum Gasteiger partial charge on any atom is 0.253 e. The van der Waals surface area contributed by atoms with E-state index in [1.54, 1.807) is 14.0 Å². The molecule has 2 rings (SSSR count). The van der Waals surface area contributed by atoms with Crippen molar-refractivity contribution in [2.75, 3.05) is 25.6 Å². The molecule has 112 valence electrons. The first-order valence-corrected chi connectivity index (χ1v) is 7.41. The van der Waals surface area contributed by atoms with E-state index in [4.69, 9.17) is 9.47 Å². The third kappa shape index (κ3) is 4.63. The minimum atomic E-state index is -0.526. The summed E-state index contributed by atoms with van der Waals surface area (Å²) in [6.07, 6.45) is -0.526. The maximum absolute atomic E-state index is 12.0. The summed E-state index contributed by atoms with van der Waals surface area (Å²) in [6, 6.07) is 11.7. The lowest BCUT2D eigenvalue weighted by molar-refractivity contribution is -0.127. The molecule has 0 radical (unpaired) electrons. The lowest BCUT2D eigenvalue weighted by Crippen LogP contribution is -2.28. The molecule has 0 aliphatic rings. The van der Waals surface area contributed by atoms with E-state index in [0.29, 0.717) is 18.2 Å². The molecular formula is C15H18N2O3S. The molecule has 0 spiro atoms. The minimum absolute atomic E-state index is 0.186. The number of ether oxygens (including phenoxy) is 2. The average Bonchev–Trinajstić information content (AvgIpc) is 2.97. The van der Waals surface area contributed by atoms with Gasteiger partial charge in [-0.05, 0) is 18.5 Å². The Bertz CT molecular complexity index is 571. The van der Waals surface area contributed by atoms with Crippen molar-refractivity contribution in [3.05, 3.63) is 36.4 Å². The van der Waals surface area contributed by atoms with E-state index < -0.39 is 6.10 Å². The van der Waals surface area contributed by atoms with Crippen molar-refractivity contribution in [3.8, 4) is 11.3 Å². The average molecular weight is 306 g/mol. The van der Waals surface area contributed by atoms with Crippen LogP contribution in [-0.2, 0) is 14.3 Å². The van der Waals surface area contributed by atoms with Gasteiger partial charge in [-0.3, -0.25) is 4.79 Å². The van der Waals surface area contributed by atoms with Crippen molar-refractivity contribution in [1.29, 1.82) is 0 Å². The van der Waals surface area contributed by atoms with Gasteiger partial charge in [0.25, 0.3) is 5.91 Å². The predicted octanol–water partition coefficient (Wildman–Crippen LogP) is 2.80. The number of hydrogen-bond acceptors (Lipinski definition) is 5. The summed E-state index contributed by atoms with van der Waals surface area (Å²) in [5, 5.41) is 3.52. The molecule has 0 fully saturated rings. The first-order chi connectivity index (χ1) is 10.2. The van der Waals surface area contributed by atoms with Crippen molar-refractivity contribution >= 4 is 22.4 Å². The van der Waals surface area contributed by atoms with Gasteiger partial charge in [-0.1, -0.05) is 30.3 Å². The van der Waals surface area contributed by atoms with Crippen molar-refractivity contribution in [1.82, 2.24) is 4.37 Å². The van der Waals surface area contributed by atoms with Crippen LogP contribution in [0.15, 0.2) is 36.4 Å². The zero-order chi connectivity index (χ0) is 15.1. The number of amides is 1. The molecular weight excluding hydrogens is 288 g/mol. The molecule has 6 heteroatoms. The summed E-state index contributed by atoms with van der Waals surface area (Å²) in [5.41, 5.74) is 1.88. The van der Waals surface area contributed by atoms with Crippen molar-refractivity contribution in [2.45, 2.75) is 13.0 Å². The smallest absolute Gasteiger partial charge is 0.253 e. The van der Waals surface area contributed by atoms with Crippen LogP contribution in [0, 0.1) is 0 Å². The molecule has 5 nitrogen and oxygen atoms in total. The first-order valence-electron chi connectivity index (χ1n) is 6.64. The highest BCUT2D eigenvalue weighted by molar-refractivity contribution is 7.10. The molecule has 0 bridgehead atoms. The fourth-order valence-electron chi connectivity index (χ4n) is 1.69. The number of nitrogens with zero attached hydrogens (tertiary/aromatic N) is 1. The fraction of sp³-hybridized carbons (Fsp3) is 0.333. The summed E-state index contributed by atoms with van der Waals surface area (Å²) in [7, 11) is 1.59. The molecule has 0 saturated heterocycles. The molecule has 1 aromatic heterocycles. The second-order valence-corrected chi connectivity index (χ2v) is 5.24. The van der Waals surface area contributed by atoms with E-state index in [2.05, 4.69) is 9.69 Å². The summed E-state index contributed by atoms with van der Waals surface area (Å²) < 4.78 is 14.6. The standard InChI is InChI=1S/C15H18N2O3S/c1-11(20-9-8-19-2)15(18)16-14-10-13(17-21-14)12-6-4-3-5-7-12/h3-7,10-11H,8-9H2,1-2H3,(H,16,18). The van der Waals surface area contributed by atoms with E-state index in [0.717, 1.165) is 11.3 Å². The van der Waals surface area contributed by atoms with Gasteiger partial charge < -0.3 is 14.8 Å². The number of benzene rings is 1. The maximum atomic E-state index is 12.0. The number of nitrogens with one attached hydrogen (secondary N) is 1. The van der Waals surface area contributed by atoms with E-state index in [1.165, 1.54) is 11.5 Å². The van der Waals surface area contributed by atoms with E-state index in [9.17, 15) is 4.79 Å². The third-order valence-corrected chi connectivity index (χ3v) is 3.56. The Morgan fingerprint density at radius 3 is 2.81 bits per heavy atom. The third-order valence-electron chi connectivity index (χ3n) is 2.85. The van der Waals surface area contributed by atoms with Crippen LogP contribution >= 0.6 is 11.5 Å². The molecule has 1 unspecified atom stereocenters. The van der Waals surface area contributed by atoms with Crippen LogP contribution in [0.4, 0.5) is 5.00 Å². The summed E-state index contributed by atoms with van der Waals surface area (Å²) in [5.74, 6) is -0.186. The molecule has 1 aromatic carbocycles. The molecule has 1 atom stereocenters. The van der Waals surface area contributed by atoms with Gasteiger partial charge in [0, 0.05) is 18.7 Å². The van der Waals surface area contributed by atoms with Gasteiger partial charge in [0.1, 0.15) is 11.1 Å². The Labute approximate surface area is 128 Å². The Kier molecular flexibility index (Phi) is 5.86. The molecule has 0 aliphatic heterocycles. The number of carbonyl (C=O) groups excluding carboxylic acids is 1. The lowest BCUT2D eigenvalue weighted by Gasteiger charge is -2.11. The van der Waals surface area contributed by atoms with E-state index in [-0.39, 0.29) is 5.91 Å². The number of hydrogen-bond donors (Lipinski definition) is 1. The molecule has 2 aromatic rings. The zero-order valence-electron chi connectivity index (χ0n) is 12.0. The second-order valence-electron chi connectivity index (χ2n) is 4.44. The fourth-order valence-corrected chi connectivity index (χ4v) is 2.35. The molecule has 0 saturated carbocycles. The summed E-state index contributed by atoms with van der Waals surface area (Å²) in [4.78, 5) is 12.0. The van der Waals surface area contributed by atoms with Gasteiger partial charge in [-0.15, -0.1) is 0 Å². The lowest BCUT2D eigenvalue weighted by atomic mass is 10.2. The largest absolute Gasteiger partial charge is 0.382 e. The molecule has 1 amide bonds. The Morgan fingerprint density at radius 2 is 2.10 bits per heavy atom. The van der Waals surface area contributed by atoms with Crippen molar-refractivity contribution in [3.63, 3.8) is 0 Å². The second kappa shape index (κ2) is 7.87. The normalized spacial score (nSPS) is 12.1.